The zero-order valence-corrected chi connectivity index (χ0v) is 11.3. The topological polar surface area (TPSA) is 63.8 Å². The van der Waals surface area contributed by atoms with Gasteiger partial charge < -0.3 is 9.84 Å². The van der Waals surface area contributed by atoms with Crippen LogP contribution in [-0.2, 0) is 6.42 Å². The molecule has 1 aliphatic heterocycles. The van der Waals surface area contributed by atoms with Gasteiger partial charge in [-0.05, 0) is 51.8 Å². The van der Waals surface area contributed by atoms with Crippen molar-refractivity contribution in [2.24, 2.45) is 5.92 Å². The van der Waals surface area contributed by atoms with Crippen LogP contribution in [0.25, 0.3) is 11.3 Å². The summed E-state index contributed by atoms with van der Waals surface area (Å²) in [5.74, 6) is 1.50. The van der Waals surface area contributed by atoms with Crippen LogP contribution in [0.2, 0.25) is 0 Å². The minimum Gasteiger partial charge on any atom is -0.361 e. The maximum absolute atomic E-state index is 5.20. The van der Waals surface area contributed by atoms with Gasteiger partial charge in [0.15, 0.2) is 0 Å². The van der Waals surface area contributed by atoms with Crippen molar-refractivity contribution in [2.45, 2.75) is 26.7 Å². The van der Waals surface area contributed by atoms with Gasteiger partial charge in [0.2, 0.25) is 0 Å². The van der Waals surface area contributed by atoms with Crippen molar-refractivity contribution in [2.75, 3.05) is 13.1 Å². The number of hydrogen-bond acceptors (Lipinski definition) is 5. The first-order chi connectivity index (χ1) is 9.24. The summed E-state index contributed by atoms with van der Waals surface area (Å²) in [7, 11) is 0. The van der Waals surface area contributed by atoms with Gasteiger partial charge in [0.05, 0.1) is 17.0 Å². The first-order valence-electron chi connectivity index (χ1n) is 6.69. The molecule has 0 aromatic carbocycles. The van der Waals surface area contributed by atoms with E-state index < -0.39 is 0 Å². The minimum absolute atomic E-state index is 0.687. The molecule has 1 N–H and O–H groups in total. The molecule has 3 rings (SSSR count). The minimum atomic E-state index is 0.687. The summed E-state index contributed by atoms with van der Waals surface area (Å²) < 4.78 is 5.20. The third kappa shape index (κ3) is 2.51. The SMILES string of the molecule is Cc1noc(C)c1-c1cc(CC2CCNC2)ncn1. The Labute approximate surface area is 112 Å². The van der Waals surface area contributed by atoms with Crippen LogP contribution in [-0.4, -0.2) is 28.2 Å². The van der Waals surface area contributed by atoms with Gasteiger partial charge in [0.25, 0.3) is 0 Å². The van der Waals surface area contributed by atoms with Crippen molar-refractivity contribution in [3.05, 3.63) is 29.5 Å². The number of rotatable bonds is 3. The largest absolute Gasteiger partial charge is 0.361 e. The van der Waals surface area contributed by atoms with Crippen molar-refractivity contribution in [3.63, 3.8) is 0 Å². The molecule has 5 heteroatoms. The van der Waals surface area contributed by atoms with Gasteiger partial charge in [-0.25, -0.2) is 9.97 Å². The normalized spacial score (nSPS) is 18.9. The fraction of sp³-hybridized carbons (Fsp3) is 0.500. The van der Waals surface area contributed by atoms with Crippen LogP contribution in [0.15, 0.2) is 16.9 Å². The first kappa shape index (κ1) is 12.3. The predicted molar refractivity (Wildman–Crippen MR) is 71.7 cm³/mol. The Morgan fingerprint density at radius 3 is 2.95 bits per heavy atom. The van der Waals surface area contributed by atoms with Gasteiger partial charge in [-0.1, -0.05) is 5.16 Å². The molecular weight excluding hydrogens is 240 g/mol. The lowest BCUT2D eigenvalue weighted by atomic mass is 10.0. The molecule has 0 amide bonds. The number of aromatic nitrogens is 3. The van der Waals surface area contributed by atoms with Gasteiger partial charge in [-0.3, -0.25) is 0 Å². The molecule has 2 aromatic heterocycles. The molecule has 0 saturated carbocycles. The molecule has 1 atom stereocenters. The second-order valence-corrected chi connectivity index (χ2v) is 5.16. The third-order valence-electron chi connectivity index (χ3n) is 3.67. The molecule has 0 spiro atoms. The number of hydrogen-bond donors (Lipinski definition) is 1. The van der Waals surface area contributed by atoms with Gasteiger partial charge in [0, 0.05) is 5.69 Å². The van der Waals surface area contributed by atoms with E-state index in [-0.39, 0.29) is 0 Å². The lowest BCUT2D eigenvalue weighted by molar-refractivity contribution is 0.393. The highest BCUT2D eigenvalue weighted by molar-refractivity contribution is 5.63. The predicted octanol–water partition coefficient (Wildman–Crippen LogP) is 1.90. The summed E-state index contributed by atoms with van der Waals surface area (Å²) >= 11 is 0. The highest BCUT2D eigenvalue weighted by Gasteiger charge is 2.17. The number of nitrogens with zero attached hydrogens (tertiary/aromatic N) is 3. The lowest BCUT2D eigenvalue weighted by Gasteiger charge is -2.08. The molecule has 0 bridgehead atoms. The van der Waals surface area contributed by atoms with E-state index in [0.29, 0.717) is 5.92 Å². The van der Waals surface area contributed by atoms with E-state index >= 15 is 0 Å². The van der Waals surface area contributed by atoms with Crippen molar-refractivity contribution in [1.29, 1.82) is 0 Å². The molecule has 1 unspecified atom stereocenters. The Hall–Kier alpha value is -1.75. The fourth-order valence-corrected chi connectivity index (χ4v) is 2.68. The molecule has 2 aromatic rings. The second-order valence-electron chi connectivity index (χ2n) is 5.16. The van der Waals surface area contributed by atoms with Crippen LogP contribution in [0.1, 0.15) is 23.6 Å². The van der Waals surface area contributed by atoms with Crippen LogP contribution in [0.3, 0.4) is 0 Å². The molecule has 100 valence electrons. The van der Waals surface area contributed by atoms with Crippen molar-refractivity contribution in [1.82, 2.24) is 20.4 Å². The van der Waals surface area contributed by atoms with Gasteiger partial charge in [-0.2, -0.15) is 0 Å². The van der Waals surface area contributed by atoms with E-state index in [1.54, 1.807) is 6.33 Å². The molecule has 1 aliphatic rings. The Bertz CT molecular complexity index is 553. The van der Waals surface area contributed by atoms with Gasteiger partial charge in [0.1, 0.15) is 12.1 Å². The monoisotopic (exact) mass is 258 g/mol. The zero-order valence-electron chi connectivity index (χ0n) is 11.3. The van der Waals surface area contributed by atoms with E-state index in [9.17, 15) is 0 Å². The van der Waals surface area contributed by atoms with E-state index in [0.717, 1.165) is 47.9 Å². The highest BCUT2D eigenvalue weighted by atomic mass is 16.5. The van der Waals surface area contributed by atoms with E-state index in [1.807, 2.05) is 13.8 Å². The number of nitrogens with one attached hydrogen (secondary N) is 1. The van der Waals surface area contributed by atoms with Crippen LogP contribution in [0.4, 0.5) is 0 Å². The van der Waals surface area contributed by atoms with Crippen LogP contribution < -0.4 is 5.32 Å². The summed E-state index contributed by atoms with van der Waals surface area (Å²) in [5.41, 5.74) is 3.88. The van der Waals surface area contributed by atoms with Crippen molar-refractivity contribution in [3.8, 4) is 11.3 Å². The molecule has 5 nitrogen and oxygen atoms in total. The molecule has 0 aliphatic carbocycles. The van der Waals surface area contributed by atoms with E-state index in [4.69, 9.17) is 4.52 Å². The molecular formula is C14H18N4O. The smallest absolute Gasteiger partial charge is 0.143 e. The Kier molecular flexibility index (Phi) is 3.29. The van der Waals surface area contributed by atoms with E-state index in [2.05, 4.69) is 26.5 Å². The third-order valence-corrected chi connectivity index (χ3v) is 3.67. The van der Waals surface area contributed by atoms with Gasteiger partial charge >= 0.3 is 0 Å². The average Bonchev–Trinajstić information content (AvgIpc) is 3.00. The van der Waals surface area contributed by atoms with Crippen LogP contribution in [0.5, 0.6) is 0 Å². The van der Waals surface area contributed by atoms with Crippen molar-refractivity contribution >= 4 is 0 Å². The molecule has 19 heavy (non-hydrogen) atoms. The summed E-state index contributed by atoms with van der Waals surface area (Å²) in [6, 6.07) is 2.06. The highest BCUT2D eigenvalue weighted by Crippen LogP contribution is 2.25. The quantitative estimate of drug-likeness (QED) is 0.911. The number of aryl methyl sites for hydroxylation is 2. The summed E-state index contributed by atoms with van der Waals surface area (Å²) in [4.78, 5) is 8.73. The fourth-order valence-electron chi connectivity index (χ4n) is 2.68. The molecule has 0 radical (unpaired) electrons. The maximum Gasteiger partial charge on any atom is 0.143 e. The van der Waals surface area contributed by atoms with Crippen LogP contribution >= 0.6 is 0 Å². The lowest BCUT2D eigenvalue weighted by Crippen LogP contribution is -2.11. The Balaban J connectivity index is 1.87. The first-order valence-corrected chi connectivity index (χ1v) is 6.69. The second kappa shape index (κ2) is 5.09. The average molecular weight is 258 g/mol. The molecule has 1 fully saturated rings. The Morgan fingerprint density at radius 1 is 1.37 bits per heavy atom. The maximum atomic E-state index is 5.20. The Morgan fingerprint density at radius 2 is 2.26 bits per heavy atom. The summed E-state index contributed by atoms with van der Waals surface area (Å²) in [6.45, 7) is 6.06. The summed E-state index contributed by atoms with van der Waals surface area (Å²) in [5, 5.41) is 7.36. The van der Waals surface area contributed by atoms with Gasteiger partial charge in [-0.15, -0.1) is 0 Å². The standard InChI is InChI=1S/C14H18N4O/c1-9-14(10(2)19-18-9)13-6-12(16-8-17-13)5-11-3-4-15-7-11/h6,8,11,15H,3-5,7H2,1-2H3. The van der Waals surface area contributed by atoms with E-state index in [1.165, 1.54) is 6.42 Å². The van der Waals surface area contributed by atoms with Crippen LogP contribution in [0, 0.1) is 19.8 Å². The summed E-state index contributed by atoms with van der Waals surface area (Å²) in [6.07, 6.45) is 3.87. The molecule has 1 saturated heterocycles. The van der Waals surface area contributed by atoms with Crippen molar-refractivity contribution < 1.29 is 4.52 Å². The zero-order chi connectivity index (χ0) is 13.2. The molecule has 3 heterocycles.